The quantitative estimate of drug-likeness (QED) is 0.757. The maximum Gasteiger partial charge on any atom is 0.132 e. The molecule has 3 aromatic rings. The summed E-state index contributed by atoms with van der Waals surface area (Å²) in [6.07, 6.45) is 3.81. The standard InChI is InChI=1S/C15H16ClN5/c1-10-14(15(16)20(2)19-10)9-21-8-12(7-18-21)11-4-3-5-13(17)6-11/h3-8H,9,17H2,1-2H3. The fraction of sp³-hybridized carbons (Fsp3) is 0.200. The molecule has 0 aliphatic rings. The van der Waals surface area contributed by atoms with E-state index in [2.05, 4.69) is 10.2 Å². The molecule has 108 valence electrons. The number of hydrogen-bond donors (Lipinski definition) is 1. The minimum atomic E-state index is 0.598. The lowest BCUT2D eigenvalue weighted by Crippen LogP contribution is -2.01. The molecule has 0 spiro atoms. The van der Waals surface area contributed by atoms with Crippen LogP contribution < -0.4 is 5.73 Å². The summed E-state index contributed by atoms with van der Waals surface area (Å²) < 4.78 is 3.53. The van der Waals surface area contributed by atoms with Crippen LogP contribution in [-0.2, 0) is 13.6 Å². The Labute approximate surface area is 127 Å². The Morgan fingerprint density at radius 3 is 2.76 bits per heavy atom. The van der Waals surface area contributed by atoms with E-state index in [9.17, 15) is 0 Å². The number of anilines is 1. The second kappa shape index (κ2) is 5.26. The molecule has 3 rings (SSSR count). The van der Waals surface area contributed by atoms with Crippen molar-refractivity contribution >= 4 is 17.3 Å². The Morgan fingerprint density at radius 1 is 1.29 bits per heavy atom. The fourth-order valence-electron chi connectivity index (χ4n) is 2.33. The smallest absolute Gasteiger partial charge is 0.132 e. The molecule has 5 nitrogen and oxygen atoms in total. The molecular weight excluding hydrogens is 286 g/mol. The Kier molecular flexibility index (Phi) is 3.43. The van der Waals surface area contributed by atoms with E-state index >= 15 is 0 Å². The van der Waals surface area contributed by atoms with Gasteiger partial charge in [0.2, 0.25) is 0 Å². The van der Waals surface area contributed by atoms with Gasteiger partial charge in [-0.15, -0.1) is 0 Å². The summed E-state index contributed by atoms with van der Waals surface area (Å²) in [5.41, 5.74) is 10.5. The van der Waals surface area contributed by atoms with Crippen LogP contribution in [0.3, 0.4) is 0 Å². The van der Waals surface area contributed by atoms with E-state index in [1.165, 1.54) is 0 Å². The predicted molar refractivity (Wildman–Crippen MR) is 84.1 cm³/mol. The SMILES string of the molecule is Cc1nn(C)c(Cl)c1Cn1cc(-c2cccc(N)c2)cn1. The van der Waals surface area contributed by atoms with E-state index in [0.29, 0.717) is 11.7 Å². The predicted octanol–water partition coefficient (Wildman–Crippen LogP) is 2.88. The molecule has 0 bridgehead atoms. The Balaban J connectivity index is 1.89. The highest BCUT2D eigenvalue weighted by atomic mass is 35.5. The van der Waals surface area contributed by atoms with Crippen molar-refractivity contribution in [3.05, 3.63) is 53.1 Å². The van der Waals surface area contributed by atoms with Gasteiger partial charge in [0, 0.05) is 30.1 Å². The number of nitrogens with two attached hydrogens (primary N) is 1. The van der Waals surface area contributed by atoms with E-state index in [-0.39, 0.29) is 0 Å². The third kappa shape index (κ3) is 2.64. The summed E-state index contributed by atoms with van der Waals surface area (Å²) in [6.45, 7) is 2.55. The molecule has 0 atom stereocenters. The van der Waals surface area contributed by atoms with Gasteiger partial charge in [-0.3, -0.25) is 9.36 Å². The van der Waals surface area contributed by atoms with Gasteiger partial charge >= 0.3 is 0 Å². The van der Waals surface area contributed by atoms with E-state index in [0.717, 1.165) is 28.1 Å². The molecule has 2 aromatic heterocycles. The van der Waals surface area contributed by atoms with Crippen LogP contribution in [-0.4, -0.2) is 19.6 Å². The van der Waals surface area contributed by atoms with Crippen LogP contribution in [0, 0.1) is 6.92 Å². The topological polar surface area (TPSA) is 61.7 Å². The van der Waals surface area contributed by atoms with Crippen molar-refractivity contribution in [1.29, 1.82) is 0 Å². The second-order valence-corrected chi connectivity index (χ2v) is 5.39. The molecule has 0 saturated carbocycles. The average molecular weight is 302 g/mol. The summed E-state index contributed by atoms with van der Waals surface area (Å²) in [6, 6.07) is 7.75. The van der Waals surface area contributed by atoms with Gasteiger partial charge < -0.3 is 5.73 Å². The highest BCUT2D eigenvalue weighted by molar-refractivity contribution is 6.30. The number of nitrogens with zero attached hydrogens (tertiary/aromatic N) is 4. The number of aryl methyl sites for hydroxylation is 2. The van der Waals surface area contributed by atoms with Crippen molar-refractivity contribution in [3.8, 4) is 11.1 Å². The first-order valence-electron chi connectivity index (χ1n) is 6.61. The molecule has 0 unspecified atom stereocenters. The Bertz CT molecular complexity index is 787. The lowest BCUT2D eigenvalue weighted by Gasteiger charge is -2.01. The van der Waals surface area contributed by atoms with Gasteiger partial charge in [-0.05, 0) is 24.6 Å². The summed E-state index contributed by atoms with van der Waals surface area (Å²) in [4.78, 5) is 0. The van der Waals surface area contributed by atoms with Crippen molar-refractivity contribution in [2.45, 2.75) is 13.5 Å². The van der Waals surface area contributed by atoms with Crippen molar-refractivity contribution in [2.24, 2.45) is 7.05 Å². The molecule has 2 N–H and O–H groups in total. The van der Waals surface area contributed by atoms with E-state index < -0.39 is 0 Å². The number of halogens is 1. The van der Waals surface area contributed by atoms with Crippen LogP contribution in [0.4, 0.5) is 5.69 Å². The van der Waals surface area contributed by atoms with Crippen LogP contribution in [0.5, 0.6) is 0 Å². The fourth-order valence-corrected chi connectivity index (χ4v) is 2.57. The second-order valence-electron chi connectivity index (χ2n) is 5.03. The summed E-state index contributed by atoms with van der Waals surface area (Å²) in [5, 5.41) is 9.35. The van der Waals surface area contributed by atoms with Gasteiger partial charge in [-0.2, -0.15) is 10.2 Å². The molecule has 0 fully saturated rings. The minimum absolute atomic E-state index is 0.598. The summed E-state index contributed by atoms with van der Waals surface area (Å²) >= 11 is 6.25. The van der Waals surface area contributed by atoms with Crippen molar-refractivity contribution in [1.82, 2.24) is 19.6 Å². The van der Waals surface area contributed by atoms with Gasteiger partial charge in [0.25, 0.3) is 0 Å². The Hall–Kier alpha value is -2.27. The molecule has 1 aromatic carbocycles. The van der Waals surface area contributed by atoms with Crippen LogP contribution in [0.25, 0.3) is 11.1 Å². The van der Waals surface area contributed by atoms with Gasteiger partial charge in [0.15, 0.2) is 0 Å². The lowest BCUT2D eigenvalue weighted by atomic mass is 10.1. The molecule has 0 aliphatic heterocycles. The number of nitrogen functional groups attached to an aromatic ring is 1. The minimum Gasteiger partial charge on any atom is -0.399 e. The number of aromatic nitrogens is 4. The van der Waals surface area contributed by atoms with E-state index in [4.69, 9.17) is 17.3 Å². The van der Waals surface area contributed by atoms with Crippen LogP contribution >= 0.6 is 11.6 Å². The van der Waals surface area contributed by atoms with Crippen molar-refractivity contribution in [2.75, 3.05) is 5.73 Å². The van der Waals surface area contributed by atoms with Gasteiger partial charge in [-0.1, -0.05) is 23.7 Å². The Morgan fingerprint density at radius 2 is 2.10 bits per heavy atom. The first kappa shape index (κ1) is 13.7. The van der Waals surface area contributed by atoms with Crippen LogP contribution in [0.2, 0.25) is 5.15 Å². The summed E-state index contributed by atoms with van der Waals surface area (Å²) in [5.74, 6) is 0. The zero-order chi connectivity index (χ0) is 15.0. The van der Waals surface area contributed by atoms with Crippen LogP contribution in [0.1, 0.15) is 11.3 Å². The largest absolute Gasteiger partial charge is 0.399 e. The molecular formula is C15H16ClN5. The highest BCUT2D eigenvalue weighted by Gasteiger charge is 2.12. The summed E-state index contributed by atoms with van der Waals surface area (Å²) in [7, 11) is 1.83. The van der Waals surface area contributed by atoms with Crippen LogP contribution in [0.15, 0.2) is 36.7 Å². The molecule has 6 heteroatoms. The van der Waals surface area contributed by atoms with Crippen molar-refractivity contribution in [3.63, 3.8) is 0 Å². The maximum absolute atomic E-state index is 6.25. The molecule has 0 amide bonds. The monoisotopic (exact) mass is 301 g/mol. The average Bonchev–Trinajstić information content (AvgIpc) is 3.00. The van der Waals surface area contributed by atoms with E-state index in [1.807, 2.05) is 55.3 Å². The van der Waals surface area contributed by atoms with Gasteiger partial charge in [0.05, 0.1) is 18.4 Å². The third-order valence-corrected chi connectivity index (χ3v) is 3.92. The normalized spacial score (nSPS) is 11.0. The molecule has 0 saturated heterocycles. The van der Waals surface area contributed by atoms with Gasteiger partial charge in [0.1, 0.15) is 5.15 Å². The molecule has 0 aliphatic carbocycles. The van der Waals surface area contributed by atoms with Gasteiger partial charge in [-0.25, -0.2) is 0 Å². The molecule has 2 heterocycles. The zero-order valence-corrected chi connectivity index (χ0v) is 12.7. The van der Waals surface area contributed by atoms with Crippen molar-refractivity contribution < 1.29 is 0 Å². The van der Waals surface area contributed by atoms with E-state index in [1.54, 1.807) is 4.68 Å². The molecule has 21 heavy (non-hydrogen) atoms. The first-order valence-corrected chi connectivity index (χ1v) is 6.98. The molecule has 0 radical (unpaired) electrons. The number of hydrogen-bond acceptors (Lipinski definition) is 3. The number of rotatable bonds is 3. The third-order valence-electron chi connectivity index (χ3n) is 3.44. The highest BCUT2D eigenvalue weighted by Crippen LogP contribution is 2.23. The first-order chi connectivity index (χ1) is 10.0. The zero-order valence-electron chi connectivity index (χ0n) is 11.9. The number of benzene rings is 1. The maximum atomic E-state index is 6.25. The lowest BCUT2D eigenvalue weighted by molar-refractivity contribution is 0.684.